The van der Waals surface area contributed by atoms with E-state index in [1.807, 2.05) is 102 Å². The molecule has 2 aromatic carbocycles. The van der Waals surface area contributed by atoms with Crippen LogP contribution in [0.5, 0.6) is 0 Å². The van der Waals surface area contributed by atoms with Gasteiger partial charge in [-0.2, -0.15) is 0 Å². The van der Waals surface area contributed by atoms with Gasteiger partial charge in [0.1, 0.15) is 11.2 Å². The van der Waals surface area contributed by atoms with Gasteiger partial charge >= 0.3 is 11.9 Å². The lowest BCUT2D eigenvalue weighted by atomic mass is 9.93. The number of rotatable bonds is 9. The molecule has 0 saturated heterocycles. The highest BCUT2D eigenvalue weighted by molar-refractivity contribution is 5.72. The number of carbonyl (C=O) groups is 2. The van der Waals surface area contributed by atoms with E-state index in [2.05, 4.69) is 10.6 Å². The Kier molecular flexibility index (Phi) is 8.99. The monoisotopic (exact) mass is 440 g/mol. The second-order valence-corrected chi connectivity index (χ2v) is 9.71. The molecule has 0 aliphatic rings. The van der Waals surface area contributed by atoms with Crippen molar-refractivity contribution < 1.29 is 19.1 Å². The molecular formula is C26H36N2O4. The van der Waals surface area contributed by atoms with Crippen molar-refractivity contribution in [3.8, 4) is 0 Å². The number of carbonyl (C=O) groups excluding carboxylic acids is 2. The van der Waals surface area contributed by atoms with E-state index in [1.54, 1.807) is 0 Å². The summed E-state index contributed by atoms with van der Waals surface area (Å²) in [5.74, 6) is -0.672. The van der Waals surface area contributed by atoms with Crippen LogP contribution in [0.1, 0.15) is 64.8 Å². The molecule has 6 heteroatoms. The molecule has 0 aliphatic carbocycles. The summed E-state index contributed by atoms with van der Waals surface area (Å²) in [6, 6.07) is 19.1. The first-order valence-electron chi connectivity index (χ1n) is 10.9. The number of benzene rings is 2. The molecule has 2 aromatic rings. The van der Waals surface area contributed by atoms with Gasteiger partial charge < -0.3 is 9.47 Å². The number of hydrogen-bond donors (Lipinski definition) is 2. The molecule has 0 unspecified atom stereocenters. The Morgan fingerprint density at radius 3 is 1.25 bits per heavy atom. The summed E-state index contributed by atoms with van der Waals surface area (Å²) < 4.78 is 10.9. The molecule has 2 rings (SSSR count). The van der Waals surface area contributed by atoms with Crippen LogP contribution in [0, 0.1) is 0 Å². The number of esters is 2. The van der Waals surface area contributed by atoms with E-state index in [0.717, 1.165) is 11.1 Å². The van der Waals surface area contributed by atoms with Gasteiger partial charge in [-0.3, -0.25) is 20.2 Å². The standard InChI is InChI=1S/C26H36N2O4/c1-25(2,3)31-21(29)17-27-23(19-13-9-7-10-14-19)24(20-15-11-8-12-16-20)28-18-22(30)32-26(4,5)6/h7-16,23-24,27-28H,17-18H2,1-6H3/t23-,24-/m1/s1. The Hall–Kier alpha value is -2.70. The fourth-order valence-electron chi connectivity index (χ4n) is 3.32. The van der Waals surface area contributed by atoms with E-state index >= 15 is 0 Å². The van der Waals surface area contributed by atoms with Gasteiger partial charge in [-0.25, -0.2) is 0 Å². The van der Waals surface area contributed by atoms with Gasteiger partial charge in [0.15, 0.2) is 0 Å². The van der Waals surface area contributed by atoms with Gasteiger partial charge in [-0.05, 0) is 52.7 Å². The molecule has 0 heterocycles. The summed E-state index contributed by atoms with van der Waals surface area (Å²) in [7, 11) is 0. The van der Waals surface area contributed by atoms with Crippen molar-refractivity contribution in [2.45, 2.75) is 64.8 Å². The first-order chi connectivity index (χ1) is 14.9. The maximum atomic E-state index is 12.4. The number of ether oxygens (including phenoxy) is 2. The van der Waals surface area contributed by atoms with Crippen molar-refractivity contribution in [3.05, 3.63) is 71.8 Å². The van der Waals surface area contributed by atoms with Crippen LogP contribution in [0.4, 0.5) is 0 Å². The predicted molar refractivity (Wildman–Crippen MR) is 126 cm³/mol. The SMILES string of the molecule is CC(C)(C)OC(=O)CN[C@H](c1ccccc1)[C@H](NCC(=O)OC(C)(C)C)c1ccccc1. The molecule has 0 spiro atoms. The zero-order valence-electron chi connectivity index (χ0n) is 20.0. The van der Waals surface area contributed by atoms with E-state index in [9.17, 15) is 9.59 Å². The third-order valence-corrected chi connectivity index (χ3v) is 4.42. The van der Waals surface area contributed by atoms with Crippen molar-refractivity contribution in [1.29, 1.82) is 0 Å². The number of hydrogen-bond acceptors (Lipinski definition) is 6. The van der Waals surface area contributed by atoms with Crippen LogP contribution in [-0.4, -0.2) is 36.2 Å². The highest BCUT2D eigenvalue weighted by Crippen LogP contribution is 2.29. The van der Waals surface area contributed by atoms with Crippen molar-refractivity contribution in [1.82, 2.24) is 10.6 Å². The van der Waals surface area contributed by atoms with Crippen molar-refractivity contribution in [3.63, 3.8) is 0 Å². The predicted octanol–water partition coefficient (Wildman–Crippen LogP) is 4.33. The summed E-state index contributed by atoms with van der Waals surface area (Å²) in [5.41, 5.74) is 0.854. The molecule has 0 bridgehead atoms. The number of nitrogens with one attached hydrogen (secondary N) is 2. The molecule has 174 valence electrons. The second kappa shape index (κ2) is 11.2. The molecule has 0 radical (unpaired) electrons. The lowest BCUT2D eigenvalue weighted by Gasteiger charge is -2.30. The van der Waals surface area contributed by atoms with Crippen LogP contribution < -0.4 is 10.6 Å². The summed E-state index contributed by atoms with van der Waals surface area (Å²) in [4.78, 5) is 24.8. The van der Waals surface area contributed by atoms with Crippen molar-refractivity contribution >= 4 is 11.9 Å². The molecule has 6 nitrogen and oxygen atoms in total. The van der Waals surface area contributed by atoms with Crippen molar-refractivity contribution in [2.75, 3.05) is 13.1 Å². The smallest absolute Gasteiger partial charge is 0.320 e. The van der Waals surface area contributed by atoms with Crippen LogP contribution >= 0.6 is 0 Å². The Labute approximate surface area is 191 Å². The van der Waals surface area contributed by atoms with Gasteiger partial charge in [-0.15, -0.1) is 0 Å². The minimum absolute atomic E-state index is 0.0360. The summed E-state index contributed by atoms with van der Waals surface area (Å²) in [6.07, 6.45) is 0. The summed E-state index contributed by atoms with van der Waals surface area (Å²) >= 11 is 0. The summed E-state index contributed by atoms with van der Waals surface area (Å²) in [5, 5.41) is 6.68. The lowest BCUT2D eigenvalue weighted by molar-refractivity contribution is -0.155. The quantitative estimate of drug-likeness (QED) is 0.565. The van der Waals surface area contributed by atoms with Crippen LogP contribution in [0.15, 0.2) is 60.7 Å². The minimum atomic E-state index is -0.561. The fourth-order valence-corrected chi connectivity index (χ4v) is 3.32. The lowest BCUT2D eigenvalue weighted by Crippen LogP contribution is -2.41. The average Bonchev–Trinajstić information content (AvgIpc) is 2.69. The molecule has 32 heavy (non-hydrogen) atoms. The maximum absolute atomic E-state index is 12.4. The molecule has 0 aromatic heterocycles. The second-order valence-electron chi connectivity index (χ2n) is 9.71. The first kappa shape index (κ1) is 25.6. The van der Waals surface area contributed by atoms with Gasteiger partial charge in [0.2, 0.25) is 0 Å². The van der Waals surface area contributed by atoms with Crippen molar-refractivity contribution in [2.24, 2.45) is 0 Å². The molecule has 0 saturated carbocycles. The van der Waals surface area contributed by atoms with E-state index in [1.165, 1.54) is 0 Å². The van der Waals surface area contributed by atoms with Gasteiger partial charge in [-0.1, -0.05) is 60.7 Å². The zero-order valence-corrected chi connectivity index (χ0v) is 20.0. The maximum Gasteiger partial charge on any atom is 0.320 e. The van der Waals surface area contributed by atoms with Crippen LogP contribution in [0.3, 0.4) is 0 Å². The molecular weight excluding hydrogens is 404 g/mol. The molecule has 0 amide bonds. The first-order valence-corrected chi connectivity index (χ1v) is 10.9. The Morgan fingerprint density at radius 2 is 0.969 bits per heavy atom. The Balaban J connectivity index is 2.28. The largest absolute Gasteiger partial charge is 0.459 e. The molecule has 2 atom stereocenters. The molecule has 0 aliphatic heterocycles. The topological polar surface area (TPSA) is 76.7 Å². The van der Waals surface area contributed by atoms with Crippen LogP contribution in [0.2, 0.25) is 0 Å². The molecule has 2 N–H and O–H groups in total. The highest BCUT2D eigenvalue weighted by atomic mass is 16.6. The Bertz CT molecular complexity index is 781. The molecule has 0 fully saturated rings. The van der Waals surface area contributed by atoms with Crippen LogP contribution in [-0.2, 0) is 19.1 Å². The summed E-state index contributed by atoms with van der Waals surface area (Å²) in [6.45, 7) is 11.1. The third kappa shape index (κ3) is 9.20. The fraction of sp³-hybridized carbons (Fsp3) is 0.462. The Morgan fingerprint density at radius 1 is 0.656 bits per heavy atom. The van der Waals surface area contributed by atoms with Crippen LogP contribution in [0.25, 0.3) is 0 Å². The van der Waals surface area contributed by atoms with E-state index < -0.39 is 11.2 Å². The third-order valence-electron chi connectivity index (χ3n) is 4.42. The average molecular weight is 441 g/mol. The van der Waals surface area contributed by atoms with E-state index in [-0.39, 0.29) is 37.1 Å². The van der Waals surface area contributed by atoms with Gasteiger partial charge in [0.05, 0.1) is 25.2 Å². The van der Waals surface area contributed by atoms with E-state index in [4.69, 9.17) is 9.47 Å². The highest BCUT2D eigenvalue weighted by Gasteiger charge is 2.27. The van der Waals surface area contributed by atoms with Gasteiger partial charge in [0.25, 0.3) is 0 Å². The van der Waals surface area contributed by atoms with E-state index in [0.29, 0.717) is 0 Å². The zero-order chi connectivity index (χ0) is 23.8. The van der Waals surface area contributed by atoms with Gasteiger partial charge in [0, 0.05) is 0 Å². The minimum Gasteiger partial charge on any atom is -0.459 e. The normalized spacial score (nSPS) is 13.8.